The van der Waals surface area contributed by atoms with Crippen molar-refractivity contribution in [3.05, 3.63) is 62.7 Å². The molecule has 1 unspecified atom stereocenters. The molecule has 1 N–H and O–H groups in total. The third kappa shape index (κ3) is 3.93. The third-order valence-electron chi connectivity index (χ3n) is 4.25. The Morgan fingerprint density at radius 1 is 1.08 bits per heavy atom. The summed E-state index contributed by atoms with van der Waals surface area (Å²) in [5, 5.41) is 13.9. The third-order valence-corrected chi connectivity index (χ3v) is 4.25. The summed E-state index contributed by atoms with van der Waals surface area (Å²) in [6.45, 7) is 5.39. The van der Waals surface area contributed by atoms with Gasteiger partial charge in [0.2, 0.25) is 0 Å². The minimum Gasteiger partial charge on any atom is -0.493 e. The van der Waals surface area contributed by atoms with E-state index >= 15 is 0 Å². The van der Waals surface area contributed by atoms with Crippen molar-refractivity contribution in [3.8, 4) is 11.5 Å². The SMILES string of the molecule is COc1cc(C)c(C(C)NC(=O)c2ccc(C)c([N+](=O)[O-])c2)cc1OC. The molecule has 138 valence electrons. The number of nitro groups is 1. The lowest BCUT2D eigenvalue weighted by atomic mass is 10.0. The largest absolute Gasteiger partial charge is 0.493 e. The molecule has 26 heavy (non-hydrogen) atoms. The van der Waals surface area contributed by atoms with Crippen LogP contribution in [-0.2, 0) is 0 Å². The summed E-state index contributed by atoms with van der Waals surface area (Å²) in [6.07, 6.45) is 0. The zero-order chi connectivity index (χ0) is 19.4. The van der Waals surface area contributed by atoms with Gasteiger partial charge < -0.3 is 14.8 Å². The van der Waals surface area contributed by atoms with Crippen LogP contribution in [0.3, 0.4) is 0 Å². The molecular weight excluding hydrogens is 336 g/mol. The van der Waals surface area contributed by atoms with E-state index in [0.29, 0.717) is 17.1 Å². The van der Waals surface area contributed by atoms with Gasteiger partial charge in [0.05, 0.1) is 25.2 Å². The minimum atomic E-state index is -0.492. The summed E-state index contributed by atoms with van der Waals surface area (Å²) in [7, 11) is 3.11. The van der Waals surface area contributed by atoms with E-state index in [2.05, 4.69) is 5.32 Å². The molecule has 0 saturated carbocycles. The van der Waals surface area contributed by atoms with Gasteiger partial charge in [-0.15, -0.1) is 0 Å². The Hall–Kier alpha value is -3.09. The van der Waals surface area contributed by atoms with Crippen molar-refractivity contribution < 1.29 is 19.2 Å². The molecule has 2 rings (SSSR count). The van der Waals surface area contributed by atoms with Gasteiger partial charge in [0, 0.05) is 17.2 Å². The summed E-state index contributed by atoms with van der Waals surface area (Å²) < 4.78 is 10.6. The minimum absolute atomic E-state index is 0.0763. The van der Waals surface area contributed by atoms with Gasteiger partial charge in [0.1, 0.15) is 0 Å². The molecule has 0 bridgehead atoms. The van der Waals surface area contributed by atoms with Crippen molar-refractivity contribution in [2.24, 2.45) is 0 Å². The molecule has 2 aromatic rings. The summed E-state index contributed by atoms with van der Waals surface area (Å²) in [5.74, 6) is 0.802. The first-order valence-corrected chi connectivity index (χ1v) is 8.07. The molecule has 1 atom stereocenters. The number of nitro benzene ring substituents is 1. The number of nitrogens with one attached hydrogen (secondary N) is 1. The first-order chi connectivity index (χ1) is 12.3. The number of hydrogen-bond acceptors (Lipinski definition) is 5. The number of benzene rings is 2. The summed E-state index contributed by atoms with van der Waals surface area (Å²) in [4.78, 5) is 23.1. The Morgan fingerprint density at radius 2 is 1.69 bits per heavy atom. The van der Waals surface area contributed by atoms with E-state index in [1.807, 2.05) is 26.0 Å². The molecule has 0 heterocycles. The Morgan fingerprint density at radius 3 is 2.27 bits per heavy atom. The maximum Gasteiger partial charge on any atom is 0.273 e. The Balaban J connectivity index is 2.27. The smallest absolute Gasteiger partial charge is 0.273 e. The van der Waals surface area contributed by atoms with Gasteiger partial charge >= 0.3 is 0 Å². The number of methoxy groups -OCH3 is 2. The zero-order valence-corrected chi connectivity index (χ0v) is 15.5. The Kier molecular flexibility index (Phi) is 5.82. The highest BCUT2D eigenvalue weighted by Crippen LogP contribution is 2.33. The average Bonchev–Trinajstić information content (AvgIpc) is 2.61. The Bertz CT molecular complexity index is 848. The summed E-state index contributed by atoms with van der Waals surface area (Å²) >= 11 is 0. The topological polar surface area (TPSA) is 90.7 Å². The van der Waals surface area contributed by atoms with Crippen molar-refractivity contribution in [1.82, 2.24) is 5.32 Å². The quantitative estimate of drug-likeness (QED) is 0.628. The number of amides is 1. The normalized spacial score (nSPS) is 11.6. The molecule has 0 radical (unpaired) electrons. The van der Waals surface area contributed by atoms with E-state index in [0.717, 1.165) is 11.1 Å². The molecule has 0 aromatic heterocycles. The lowest BCUT2D eigenvalue weighted by Gasteiger charge is -2.19. The second-order valence-corrected chi connectivity index (χ2v) is 6.02. The second kappa shape index (κ2) is 7.86. The lowest BCUT2D eigenvalue weighted by molar-refractivity contribution is -0.385. The fraction of sp³-hybridized carbons (Fsp3) is 0.316. The van der Waals surface area contributed by atoms with Crippen LogP contribution in [0.5, 0.6) is 11.5 Å². The van der Waals surface area contributed by atoms with Crippen LogP contribution in [0.2, 0.25) is 0 Å². The number of nitrogens with zero attached hydrogens (tertiary/aromatic N) is 1. The first-order valence-electron chi connectivity index (χ1n) is 8.07. The van der Waals surface area contributed by atoms with Crippen molar-refractivity contribution >= 4 is 11.6 Å². The number of hydrogen-bond donors (Lipinski definition) is 1. The highest BCUT2D eigenvalue weighted by Gasteiger charge is 2.19. The standard InChI is InChI=1S/C19H22N2O5/c1-11-6-7-14(9-16(11)21(23)24)19(22)20-13(3)15-10-18(26-5)17(25-4)8-12(15)2/h6-10,13H,1-5H3,(H,20,22). The molecule has 0 aliphatic carbocycles. The molecule has 7 nitrogen and oxygen atoms in total. The van der Waals surface area contributed by atoms with Crippen LogP contribution in [0, 0.1) is 24.0 Å². The number of ether oxygens (including phenoxy) is 2. The van der Waals surface area contributed by atoms with Gasteiger partial charge in [-0.05, 0) is 50.1 Å². The number of carbonyl (C=O) groups is 1. The van der Waals surface area contributed by atoms with E-state index in [1.165, 1.54) is 6.07 Å². The van der Waals surface area contributed by atoms with Crippen LogP contribution in [0.25, 0.3) is 0 Å². The van der Waals surface area contributed by atoms with E-state index in [9.17, 15) is 14.9 Å². The van der Waals surface area contributed by atoms with Crippen LogP contribution in [0.1, 0.15) is 40.0 Å². The second-order valence-electron chi connectivity index (χ2n) is 6.02. The maximum absolute atomic E-state index is 12.5. The molecular formula is C19H22N2O5. The molecule has 0 aliphatic heterocycles. The predicted molar refractivity (Wildman–Crippen MR) is 98.0 cm³/mol. The van der Waals surface area contributed by atoms with Crippen LogP contribution in [-0.4, -0.2) is 25.1 Å². The van der Waals surface area contributed by atoms with Crippen LogP contribution in [0.15, 0.2) is 30.3 Å². The number of rotatable bonds is 6. The van der Waals surface area contributed by atoms with Gasteiger partial charge in [0.25, 0.3) is 11.6 Å². The van der Waals surface area contributed by atoms with E-state index in [-0.39, 0.29) is 23.2 Å². The van der Waals surface area contributed by atoms with Crippen LogP contribution in [0.4, 0.5) is 5.69 Å². The Labute approximate surface area is 152 Å². The molecule has 0 saturated heterocycles. The molecule has 2 aromatic carbocycles. The molecule has 0 fully saturated rings. The molecule has 7 heteroatoms. The fourth-order valence-corrected chi connectivity index (χ4v) is 2.77. The van der Waals surface area contributed by atoms with Crippen LogP contribution >= 0.6 is 0 Å². The summed E-state index contributed by atoms with van der Waals surface area (Å²) in [5.41, 5.74) is 2.48. The predicted octanol–water partition coefficient (Wildman–Crippen LogP) is 3.72. The molecule has 0 spiro atoms. The first kappa shape index (κ1) is 19.2. The van der Waals surface area contributed by atoms with Crippen molar-refractivity contribution in [3.63, 3.8) is 0 Å². The highest BCUT2D eigenvalue weighted by atomic mass is 16.6. The fourth-order valence-electron chi connectivity index (χ4n) is 2.77. The van der Waals surface area contributed by atoms with Gasteiger partial charge in [-0.1, -0.05) is 6.07 Å². The van der Waals surface area contributed by atoms with E-state index in [4.69, 9.17) is 9.47 Å². The van der Waals surface area contributed by atoms with Gasteiger partial charge in [-0.25, -0.2) is 0 Å². The number of carbonyl (C=O) groups excluding carboxylic acids is 1. The lowest BCUT2D eigenvalue weighted by Crippen LogP contribution is -2.27. The van der Waals surface area contributed by atoms with Gasteiger partial charge in [0.15, 0.2) is 11.5 Å². The molecule has 0 aliphatic rings. The molecule has 1 amide bonds. The van der Waals surface area contributed by atoms with Crippen molar-refractivity contribution in [2.75, 3.05) is 14.2 Å². The van der Waals surface area contributed by atoms with Gasteiger partial charge in [-0.2, -0.15) is 0 Å². The van der Waals surface area contributed by atoms with E-state index < -0.39 is 4.92 Å². The van der Waals surface area contributed by atoms with Crippen molar-refractivity contribution in [1.29, 1.82) is 0 Å². The average molecular weight is 358 g/mol. The van der Waals surface area contributed by atoms with Gasteiger partial charge in [-0.3, -0.25) is 14.9 Å². The highest BCUT2D eigenvalue weighted by molar-refractivity contribution is 5.95. The summed E-state index contributed by atoms with van der Waals surface area (Å²) in [6, 6.07) is 7.77. The zero-order valence-electron chi connectivity index (χ0n) is 15.5. The number of aryl methyl sites for hydroxylation is 2. The van der Waals surface area contributed by atoms with Crippen LogP contribution < -0.4 is 14.8 Å². The maximum atomic E-state index is 12.5. The van der Waals surface area contributed by atoms with Crippen molar-refractivity contribution in [2.45, 2.75) is 26.8 Å². The van der Waals surface area contributed by atoms with E-state index in [1.54, 1.807) is 33.3 Å². The monoisotopic (exact) mass is 358 g/mol.